The number of carbonyl (C=O) groups is 1. The molecule has 0 spiro atoms. The van der Waals surface area contributed by atoms with Crippen LogP contribution in [0.5, 0.6) is 0 Å². The van der Waals surface area contributed by atoms with Gasteiger partial charge in [-0.15, -0.1) is 0 Å². The minimum atomic E-state index is -5.08. The van der Waals surface area contributed by atoms with Gasteiger partial charge in [0.1, 0.15) is 0 Å². The van der Waals surface area contributed by atoms with Crippen LogP contribution in [0.3, 0.4) is 0 Å². The summed E-state index contributed by atoms with van der Waals surface area (Å²) < 4.78 is 31.7. The summed E-state index contributed by atoms with van der Waals surface area (Å²) in [7, 11) is 0. The number of halogens is 3. The molecule has 1 aliphatic rings. The van der Waals surface area contributed by atoms with Crippen molar-refractivity contribution in [2.75, 3.05) is 13.1 Å². The second-order valence-electron chi connectivity index (χ2n) is 4.66. The van der Waals surface area contributed by atoms with E-state index in [9.17, 15) is 13.2 Å². The Hall–Kier alpha value is -1.29. The molecule has 4 nitrogen and oxygen atoms in total. The number of rotatable bonds is 1. The molecule has 0 saturated carbocycles. The number of piperidine rings is 1. The van der Waals surface area contributed by atoms with Crippen molar-refractivity contribution in [1.29, 1.82) is 5.26 Å². The van der Waals surface area contributed by atoms with Crippen molar-refractivity contribution in [2.24, 2.45) is 11.3 Å². The van der Waals surface area contributed by atoms with Crippen molar-refractivity contribution in [3.8, 4) is 6.07 Å². The molecule has 0 amide bonds. The highest BCUT2D eigenvalue weighted by Gasteiger charge is 2.38. The second kappa shape index (κ2) is 6.59. The molecule has 1 heterocycles. The summed E-state index contributed by atoms with van der Waals surface area (Å²) >= 11 is 0. The van der Waals surface area contributed by atoms with E-state index in [1.807, 2.05) is 13.8 Å². The average molecular weight is 266 g/mol. The molecule has 18 heavy (non-hydrogen) atoms. The molecule has 7 heteroatoms. The Bertz CT molecular complexity index is 315. The van der Waals surface area contributed by atoms with E-state index < -0.39 is 12.1 Å². The van der Waals surface area contributed by atoms with Crippen LogP contribution in [0.2, 0.25) is 0 Å². The molecule has 0 bridgehead atoms. The molecule has 104 valence electrons. The number of carboxylic acids is 1. The lowest BCUT2D eigenvalue weighted by molar-refractivity contribution is -0.192. The van der Waals surface area contributed by atoms with Gasteiger partial charge in [0.05, 0.1) is 11.5 Å². The number of nitrogens with one attached hydrogen (secondary N) is 1. The zero-order chi connectivity index (χ0) is 14.4. The molecule has 0 aromatic heterocycles. The van der Waals surface area contributed by atoms with Crippen molar-refractivity contribution in [3.63, 3.8) is 0 Å². The Kier molecular flexibility index (Phi) is 6.12. The molecule has 1 rings (SSSR count). The molecule has 1 fully saturated rings. The fourth-order valence-electron chi connectivity index (χ4n) is 1.63. The second-order valence-corrected chi connectivity index (χ2v) is 4.66. The number of hydrogen-bond acceptors (Lipinski definition) is 3. The van der Waals surface area contributed by atoms with Gasteiger partial charge in [-0.3, -0.25) is 0 Å². The fraction of sp³-hybridized carbons (Fsp3) is 0.818. The van der Waals surface area contributed by atoms with E-state index in [4.69, 9.17) is 15.2 Å². The summed E-state index contributed by atoms with van der Waals surface area (Å²) in [4.78, 5) is 8.90. The van der Waals surface area contributed by atoms with Crippen molar-refractivity contribution in [3.05, 3.63) is 0 Å². The van der Waals surface area contributed by atoms with Crippen LogP contribution in [0.25, 0.3) is 0 Å². The highest BCUT2D eigenvalue weighted by atomic mass is 19.4. The first-order valence-electron chi connectivity index (χ1n) is 5.53. The zero-order valence-corrected chi connectivity index (χ0v) is 10.3. The SMILES string of the molecule is CC(C)(C#N)C1CCNCC1.O=C(O)C(F)(F)F. The number of nitriles is 1. The third kappa shape index (κ3) is 5.87. The zero-order valence-electron chi connectivity index (χ0n) is 10.3. The minimum Gasteiger partial charge on any atom is -0.475 e. The van der Waals surface area contributed by atoms with Crippen molar-refractivity contribution >= 4 is 5.97 Å². The van der Waals surface area contributed by atoms with Gasteiger partial charge in [0.15, 0.2) is 0 Å². The number of carboxylic acid groups (broad SMARTS) is 1. The maximum Gasteiger partial charge on any atom is 0.490 e. The lowest BCUT2D eigenvalue weighted by Crippen LogP contribution is -2.34. The van der Waals surface area contributed by atoms with Crippen LogP contribution >= 0.6 is 0 Å². The van der Waals surface area contributed by atoms with Gasteiger partial charge in [0.2, 0.25) is 0 Å². The standard InChI is InChI=1S/C9H16N2.C2HF3O2/c1-9(2,7-10)8-3-5-11-6-4-8;3-2(4,5)1(6)7/h8,11H,3-6H2,1-2H3;(H,6,7). The highest BCUT2D eigenvalue weighted by molar-refractivity contribution is 5.73. The number of aliphatic carboxylic acids is 1. The van der Waals surface area contributed by atoms with Gasteiger partial charge in [0.25, 0.3) is 0 Å². The number of nitrogens with zero attached hydrogens (tertiary/aromatic N) is 1. The van der Waals surface area contributed by atoms with Gasteiger partial charge in [-0.05, 0) is 45.7 Å². The Morgan fingerprint density at radius 2 is 1.72 bits per heavy atom. The lowest BCUT2D eigenvalue weighted by Gasteiger charge is -2.31. The molecule has 0 atom stereocenters. The Morgan fingerprint density at radius 3 is 2.00 bits per heavy atom. The minimum absolute atomic E-state index is 0.123. The van der Waals surface area contributed by atoms with E-state index in [0.29, 0.717) is 5.92 Å². The van der Waals surface area contributed by atoms with Crippen LogP contribution in [-0.4, -0.2) is 30.3 Å². The molecule has 0 aromatic rings. The van der Waals surface area contributed by atoms with Crippen molar-refractivity contribution in [1.82, 2.24) is 5.32 Å². The van der Waals surface area contributed by atoms with E-state index in [-0.39, 0.29) is 5.41 Å². The molecule has 0 radical (unpaired) electrons. The van der Waals surface area contributed by atoms with Crippen molar-refractivity contribution in [2.45, 2.75) is 32.9 Å². The normalized spacial score (nSPS) is 17.3. The van der Waals surface area contributed by atoms with Gasteiger partial charge >= 0.3 is 12.1 Å². The van der Waals surface area contributed by atoms with E-state index in [1.54, 1.807) is 0 Å². The van der Waals surface area contributed by atoms with Crippen LogP contribution in [0.4, 0.5) is 13.2 Å². The number of alkyl halides is 3. The summed E-state index contributed by atoms with van der Waals surface area (Å²) in [5, 5.41) is 19.3. The number of hydrogen-bond donors (Lipinski definition) is 2. The first-order chi connectivity index (χ1) is 8.11. The Morgan fingerprint density at radius 1 is 1.33 bits per heavy atom. The molecule has 1 aliphatic heterocycles. The summed E-state index contributed by atoms with van der Waals surface area (Å²) in [6.07, 6.45) is -2.78. The molecular formula is C11H17F3N2O2. The predicted molar refractivity (Wildman–Crippen MR) is 58.7 cm³/mol. The molecular weight excluding hydrogens is 249 g/mol. The molecule has 1 saturated heterocycles. The maximum absolute atomic E-state index is 10.6. The summed E-state index contributed by atoms with van der Waals surface area (Å²) in [5.74, 6) is -2.17. The fourth-order valence-corrected chi connectivity index (χ4v) is 1.63. The molecule has 0 aliphatic carbocycles. The van der Waals surface area contributed by atoms with Crippen molar-refractivity contribution < 1.29 is 23.1 Å². The van der Waals surface area contributed by atoms with Crippen LogP contribution < -0.4 is 5.32 Å². The largest absolute Gasteiger partial charge is 0.490 e. The monoisotopic (exact) mass is 266 g/mol. The van der Waals surface area contributed by atoms with Crippen LogP contribution in [0, 0.1) is 22.7 Å². The van der Waals surface area contributed by atoms with Gasteiger partial charge in [-0.25, -0.2) is 4.79 Å². The summed E-state index contributed by atoms with van der Waals surface area (Å²) in [6, 6.07) is 2.38. The molecule has 0 unspecified atom stereocenters. The summed E-state index contributed by atoms with van der Waals surface area (Å²) in [5.41, 5.74) is -0.123. The van der Waals surface area contributed by atoms with Gasteiger partial charge in [-0.1, -0.05) is 0 Å². The van der Waals surface area contributed by atoms with Crippen LogP contribution in [-0.2, 0) is 4.79 Å². The first-order valence-corrected chi connectivity index (χ1v) is 5.53. The van der Waals surface area contributed by atoms with Crippen LogP contribution in [0.15, 0.2) is 0 Å². The quantitative estimate of drug-likeness (QED) is 0.762. The highest BCUT2D eigenvalue weighted by Crippen LogP contribution is 2.32. The predicted octanol–water partition coefficient (Wildman–Crippen LogP) is 2.17. The maximum atomic E-state index is 10.6. The lowest BCUT2D eigenvalue weighted by atomic mass is 9.75. The summed E-state index contributed by atoms with van der Waals surface area (Å²) in [6.45, 7) is 6.25. The Labute approximate surface area is 104 Å². The third-order valence-corrected chi connectivity index (χ3v) is 2.89. The third-order valence-electron chi connectivity index (χ3n) is 2.89. The first kappa shape index (κ1) is 16.7. The smallest absolute Gasteiger partial charge is 0.475 e. The van der Waals surface area contributed by atoms with E-state index in [2.05, 4.69) is 11.4 Å². The average Bonchev–Trinajstić information content (AvgIpc) is 2.30. The van der Waals surface area contributed by atoms with Gasteiger partial charge in [-0.2, -0.15) is 18.4 Å². The van der Waals surface area contributed by atoms with Crippen LogP contribution in [0.1, 0.15) is 26.7 Å². The topological polar surface area (TPSA) is 73.1 Å². The van der Waals surface area contributed by atoms with Gasteiger partial charge < -0.3 is 10.4 Å². The van der Waals surface area contributed by atoms with E-state index >= 15 is 0 Å². The van der Waals surface area contributed by atoms with E-state index in [1.165, 1.54) is 0 Å². The molecule has 0 aromatic carbocycles. The van der Waals surface area contributed by atoms with Gasteiger partial charge in [0, 0.05) is 0 Å². The van der Waals surface area contributed by atoms with E-state index in [0.717, 1.165) is 25.9 Å². The molecule has 2 N–H and O–H groups in total. The Balaban J connectivity index is 0.000000360.